The third-order valence-corrected chi connectivity index (χ3v) is 6.94. The lowest BCUT2D eigenvalue weighted by atomic mass is 9.89. The topological polar surface area (TPSA) is 74.8 Å². The number of aromatic nitrogens is 2. The summed E-state index contributed by atoms with van der Waals surface area (Å²) in [5.74, 6) is 0.148. The summed E-state index contributed by atoms with van der Waals surface area (Å²) in [5.41, 5.74) is 1.45. The normalized spacial score (nSPS) is 16.1. The first-order chi connectivity index (χ1) is 13.5. The maximum absolute atomic E-state index is 13.6. The standard InChI is InChI=1S/C20H20FN3O2S2/c1-11-6-7-13-15(8-11)28-19-17(13)18(26)23-20(24-19)27-10-16(25)22-9-12-4-2-3-5-14(12)21/h2-5,11H,6-10H2,1H3,(H,22,25)(H,23,24,26)/t11-/m0/s1. The number of aromatic amines is 1. The number of nitrogens with zero attached hydrogens (tertiary/aromatic N) is 1. The van der Waals surface area contributed by atoms with Crippen molar-refractivity contribution in [2.24, 2.45) is 5.92 Å². The molecule has 2 heterocycles. The molecule has 1 aliphatic rings. The number of hydrogen-bond donors (Lipinski definition) is 2. The van der Waals surface area contributed by atoms with E-state index in [1.807, 2.05) is 0 Å². The molecule has 0 bridgehead atoms. The van der Waals surface area contributed by atoms with E-state index in [-0.39, 0.29) is 29.6 Å². The number of thioether (sulfide) groups is 1. The van der Waals surface area contributed by atoms with Crippen molar-refractivity contribution < 1.29 is 9.18 Å². The Hall–Kier alpha value is -2.19. The Morgan fingerprint density at radius 3 is 3.07 bits per heavy atom. The summed E-state index contributed by atoms with van der Waals surface area (Å²) < 4.78 is 13.6. The predicted molar refractivity (Wildman–Crippen MR) is 110 cm³/mol. The van der Waals surface area contributed by atoms with Crippen LogP contribution in [0, 0.1) is 11.7 Å². The number of amides is 1. The smallest absolute Gasteiger partial charge is 0.260 e. The second kappa shape index (κ2) is 8.05. The largest absolute Gasteiger partial charge is 0.351 e. The van der Waals surface area contributed by atoms with Gasteiger partial charge in [0.25, 0.3) is 5.56 Å². The van der Waals surface area contributed by atoms with Crippen LogP contribution in [-0.2, 0) is 24.2 Å². The van der Waals surface area contributed by atoms with Gasteiger partial charge < -0.3 is 10.3 Å². The number of halogens is 1. The van der Waals surface area contributed by atoms with Crippen LogP contribution in [0.25, 0.3) is 10.2 Å². The highest BCUT2D eigenvalue weighted by atomic mass is 32.2. The Morgan fingerprint density at radius 1 is 1.43 bits per heavy atom. The maximum Gasteiger partial charge on any atom is 0.260 e. The van der Waals surface area contributed by atoms with E-state index >= 15 is 0 Å². The monoisotopic (exact) mass is 417 g/mol. The Morgan fingerprint density at radius 2 is 2.25 bits per heavy atom. The molecule has 3 aromatic rings. The second-order valence-electron chi connectivity index (χ2n) is 7.06. The first-order valence-electron chi connectivity index (χ1n) is 9.18. The molecular weight excluding hydrogens is 397 g/mol. The third kappa shape index (κ3) is 3.98. The number of benzene rings is 1. The molecule has 1 aromatic carbocycles. The highest BCUT2D eigenvalue weighted by molar-refractivity contribution is 7.99. The molecule has 0 fully saturated rings. The van der Waals surface area contributed by atoms with Crippen molar-refractivity contribution in [3.8, 4) is 0 Å². The van der Waals surface area contributed by atoms with Crippen molar-refractivity contribution in [2.45, 2.75) is 37.9 Å². The minimum Gasteiger partial charge on any atom is -0.351 e. The van der Waals surface area contributed by atoms with Gasteiger partial charge in [0.1, 0.15) is 10.6 Å². The van der Waals surface area contributed by atoms with Crippen LogP contribution in [0.15, 0.2) is 34.2 Å². The van der Waals surface area contributed by atoms with Crippen LogP contribution in [0.1, 0.15) is 29.3 Å². The lowest BCUT2D eigenvalue weighted by Gasteiger charge is -2.17. The SMILES string of the molecule is C[C@H]1CCc2c(sc3nc(SCC(=O)NCc4ccccc4F)[nH]c(=O)c23)C1. The summed E-state index contributed by atoms with van der Waals surface area (Å²) >= 11 is 2.77. The average molecular weight is 418 g/mol. The van der Waals surface area contributed by atoms with Crippen molar-refractivity contribution in [3.05, 3.63) is 56.4 Å². The molecule has 8 heteroatoms. The number of aryl methyl sites for hydroxylation is 1. The summed E-state index contributed by atoms with van der Waals surface area (Å²) in [5, 5.41) is 3.83. The van der Waals surface area contributed by atoms with Gasteiger partial charge in [0.2, 0.25) is 5.91 Å². The molecular formula is C20H20FN3O2S2. The van der Waals surface area contributed by atoms with E-state index in [0.29, 0.717) is 22.0 Å². The predicted octanol–water partition coefficient (Wildman–Crippen LogP) is 3.66. The van der Waals surface area contributed by atoms with E-state index in [1.165, 1.54) is 22.7 Å². The van der Waals surface area contributed by atoms with E-state index < -0.39 is 0 Å². The molecule has 1 amide bonds. The van der Waals surface area contributed by atoms with Crippen molar-refractivity contribution in [1.82, 2.24) is 15.3 Å². The van der Waals surface area contributed by atoms with Gasteiger partial charge >= 0.3 is 0 Å². The fraction of sp³-hybridized carbons (Fsp3) is 0.350. The Kier molecular flexibility index (Phi) is 5.50. The molecule has 0 saturated carbocycles. The summed E-state index contributed by atoms with van der Waals surface area (Å²) in [6.45, 7) is 2.36. The molecule has 0 radical (unpaired) electrons. The van der Waals surface area contributed by atoms with Gasteiger partial charge in [0, 0.05) is 17.0 Å². The number of H-pyrrole nitrogens is 1. The molecule has 0 aliphatic heterocycles. The lowest BCUT2D eigenvalue weighted by molar-refractivity contribution is -0.118. The van der Waals surface area contributed by atoms with Gasteiger partial charge in [-0.2, -0.15) is 0 Å². The Labute approximate surface area is 169 Å². The van der Waals surface area contributed by atoms with E-state index in [1.54, 1.807) is 29.5 Å². The first-order valence-corrected chi connectivity index (χ1v) is 11.0. The van der Waals surface area contributed by atoms with Crippen LogP contribution in [0.2, 0.25) is 0 Å². The lowest BCUT2D eigenvalue weighted by Crippen LogP contribution is -2.25. The van der Waals surface area contributed by atoms with Crippen molar-refractivity contribution >= 4 is 39.2 Å². The van der Waals surface area contributed by atoms with E-state index in [4.69, 9.17) is 0 Å². The van der Waals surface area contributed by atoms with Crippen LogP contribution < -0.4 is 10.9 Å². The highest BCUT2D eigenvalue weighted by Gasteiger charge is 2.23. The quantitative estimate of drug-likeness (QED) is 0.491. The number of carbonyl (C=O) groups is 1. The molecule has 1 atom stereocenters. The summed E-state index contributed by atoms with van der Waals surface area (Å²) in [6, 6.07) is 6.33. The number of carbonyl (C=O) groups excluding carboxylic acids is 1. The Bertz CT molecular complexity index is 1090. The first kappa shape index (κ1) is 19.1. The molecule has 4 rings (SSSR count). The molecule has 2 N–H and O–H groups in total. The number of nitrogens with one attached hydrogen (secondary N) is 2. The van der Waals surface area contributed by atoms with Crippen LogP contribution in [0.3, 0.4) is 0 Å². The van der Waals surface area contributed by atoms with Crippen LogP contribution in [0.5, 0.6) is 0 Å². The zero-order valence-corrected chi connectivity index (χ0v) is 17.0. The molecule has 0 spiro atoms. The van der Waals surface area contributed by atoms with Gasteiger partial charge in [-0.3, -0.25) is 9.59 Å². The average Bonchev–Trinajstić information content (AvgIpc) is 3.03. The fourth-order valence-electron chi connectivity index (χ4n) is 3.42. The molecule has 146 valence electrons. The fourth-order valence-corrected chi connectivity index (χ4v) is 5.55. The van der Waals surface area contributed by atoms with E-state index in [9.17, 15) is 14.0 Å². The van der Waals surface area contributed by atoms with Gasteiger partial charge in [-0.05, 0) is 36.8 Å². The van der Waals surface area contributed by atoms with Crippen LogP contribution >= 0.6 is 23.1 Å². The molecule has 28 heavy (non-hydrogen) atoms. The maximum atomic E-state index is 13.6. The number of rotatable bonds is 5. The number of hydrogen-bond acceptors (Lipinski definition) is 5. The number of thiophene rings is 1. The van der Waals surface area contributed by atoms with Gasteiger partial charge in [0.15, 0.2) is 5.16 Å². The van der Waals surface area contributed by atoms with Crippen LogP contribution in [0.4, 0.5) is 4.39 Å². The minimum absolute atomic E-state index is 0.102. The Balaban J connectivity index is 1.43. The zero-order chi connectivity index (χ0) is 19.7. The summed E-state index contributed by atoms with van der Waals surface area (Å²) in [7, 11) is 0. The summed E-state index contributed by atoms with van der Waals surface area (Å²) in [6.07, 6.45) is 3.01. The highest BCUT2D eigenvalue weighted by Crippen LogP contribution is 2.36. The second-order valence-corrected chi connectivity index (χ2v) is 9.11. The molecule has 5 nitrogen and oxygen atoms in total. The van der Waals surface area contributed by atoms with Gasteiger partial charge in [-0.15, -0.1) is 11.3 Å². The van der Waals surface area contributed by atoms with Gasteiger partial charge in [-0.25, -0.2) is 9.37 Å². The summed E-state index contributed by atoms with van der Waals surface area (Å²) in [4.78, 5) is 34.0. The minimum atomic E-state index is -0.345. The molecule has 0 unspecified atom stereocenters. The number of fused-ring (bicyclic) bond motifs is 3. The van der Waals surface area contributed by atoms with Gasteiger partial charge in [0.05, 0.1) is 11.1 Å². The molecule has 2 aromatic heterocycles. The van der Waals surface area contributed by atoms with E-state index in [2.05, 4.69) is 22.2 Å². The van der Waals surface area contributed by atoms with Crippen molar-refractivity contribution in [3.63, 3.8) is 0 Å². The van der Waals surface area contributed by atoms with Crippen LogP contribution in [-0.4, -0.2) is 21.6 Å². The van der Waals surface area contributed by atoms with E-state index in [0.717, 1.165) is 29.7 Å². The van der Waals surface area contributed by atoms with Crippen molar-refractivity contribution in [2.75, 3.05) is 5.75 Å². The van der Waals surface area contributed by atoms with Gasteiger partial charge in [-0.1, -0.05) is 36.9 Å². The third-order valence-electron chi connectivity index (χ3n) is 4.92. The zero-order valence-electron chi connectivity index (χ0n) is 15.4. The molecule has 1 aliphatic carbocycles. The molecule has 0 saturated heterocycles. The van der Waals surface area contributed by atoms with Crippen molar-refractivity contribution in [1.29, 1.82) is 0 Å².